The van der Waals surface area contributed by atoms with Crippen LogP contribution in [0.3, 0.4) is 0 Å². The Kier molecular flexibility index (Phi) is 3.61. The highest BCUT2D eigenvalue weighted by Crippen LogP contribution is 2.22. The monoisotopic (exact) mass is 222 g/mol. The van der Waals surface area contributed by atoms with E-state index in [4.69, 9.17) is 5.73 Å². The molecule has 2 heterocycles. The molecule has 4 nitrogen and oxygen atoms in total. The molecule has 1 saturated heterocycles. The largest absolute Gasteiger partial charge is 0.324 e. The van der Waals surface area contributed by atoms with Gasteiger partial charge in [-0.1, -0.05) is 6.92 Å². The van der Waals surface area contributed by atoms with E-state index in [0.29, 0.717) is 6.04 Å². The van der Waals surface area contributed by atoms with Gasteiger partial charge in [-0.15, -0.1) is 0 Å². The molecule has 1 aromatic heterocycles. The van der Waals surface area contributed by atoms with Gasteiger partial charge in [0.05, 0.1) is 12.2 Å². The molecule has 16 heavy (non-hydrogen) atoms. The lowest BCUT2D eigenvalue weighted by Crippen LogP contribution is -2.34. The second-order valence-electron chi connectivity index (χ2n) is 4.71. The number of hydrogen-bond donors (Lipinski definition) is 1. The van der Waals surface area contributed by atoms with E-state index in [1.54, 1.807) is 0 Å². The first-order valence-electron chi connectivity index (χ1n) is 6.22. The van der Waals surface area contributed by atoms with Gasteiger partial charge in [0.25, 0.3) is 0 Å². The van der Waals surface area contributed by atoms with Crippen molar-refractivity contribution in [1.82, 2.24) is 14.7 Å². The Labute approximate surface area is 97.4 Å². The zero-order valence-electron chi connectivity index (χ0n) is 10.3. The summed E-state index contributed by atoms with van der Waals surface area (Å²) in [6.07, 6.45) is 6.41. The average Bonchev–Trinajstić information content (AvgIpc) is 2.78. The quantitative estimate of drug-likeness (QED) is 0.844. The van der Waals surface area contributed by atoms with Crippen molar-refractivity contribution in [3.8, 4) is 0 Å². The van der Waals surface area contributed by atoms with Crippen molar-refractivity contribution in [2.75, 3.05) is 19.6 Å². The first-order valence-corrected chi connectivity index (χ1v) is 6.22. The molecule has 1 fully saturated rings. The second kappa shape index (κ2) is 4.97. The molecular weight excluding hydrogens is 200 g/mol. The smallest absolute Gasteiger partial charge is 0.0543 e. The molecule has 2 rings (SSSR count). The van der Waals surface area contributed by atoms with Gasteiger partial charge in [0, 0.05) is 30.9 Å². The van der Waals surface area contributed by atoms with E-state index in [1.807, 2.05) is 13.1 Å². The maximum Gasteiger partial charge on any atom is 0.0543 e. The number of rotatable bonds is 3. The summed E-state index contributed by atoms with van der Waals surface area (Å²) < 4.78 is 2.10. The predicted octanol–water partition coefficient (Wildman–Crippen LogP) is 1.56. The van der Waals surface area contributed by atoms with Gasteiger partial charge in [-0.05, 0) is 26.3 Å². The third-order valence-corrected chi connectivity index (χ3v) is 3.53. The molecule has 1 aliphatic heterocycles. The highest BCUT2D eigenvalue weighted by atomic mass is 15.3. The standard InChI is InChI=1S/C12H22N4/c1-3-15-6-4-12(5-7-15)16-9-11(8-14-16)10(2)13/h8-10,12H,3-7,13H2,1-2H3. The SMILES string of the molecule is CCN1CCC(n2cc(C(C)N)cn2)CC1. The van der Waals surface area contributed by atoms with Crippen LogP contribution in [0.1, 0.15) is 44.3 Å². The number of nitrogens with zero attached hydrogens (tertiary/aromatic N) is 3. The van der Waals surface area contributed by atoms with Crippen LogP contribution in [0.25, 0.3) is 0 Å². The Morgan fingerprint density at radius 1 is 1.50 bits per heavy atom. The first-order chi connectivity index (χ1) is 7.70. The third kappa shape index (κ3) is 2.44. The highest BCUT2D eigenvalue weighted by molar-refractivity contribution is 5.08. The fourth-order valence-electron chi connectivity index (χ4n) is 2.29. The maximum absolute atomic E-state index is 5.84. The summed E-state index contributed by atoms with van der Waals surface area (Å²) >= 11 is 0. The lowest BCUT2D eigenvalue weighted by molar-refractivity contribution is 0.187. The summed E-state index contributed by atoms with van der Waals surface area (Å²) in [4.78, 5) is 2.49. The van der Waals surface area contributed by atoms with Crippen LogP contribution in [0.4, 0.5) is 0 Å². The zero-order valence-corrected chi connectivity index (χ0v) is 10.3. The first kappa shape index (κ1) is 11.6. The highest BCUT2D eigenvalue weighted by Gasteiger charge is 2.20. The minimum absolute atomic E-state index is 0.0875. The molecule has 0 spiro atoms. The van der Waals surface area contributed by atoms with Gasteiger partial charge in [-0.2, -0.15) is 5.10 Å². The van der Waals surface area contributed by atoms with Gasteiger partial charge >= 0.3 is 0 Å². The van der Waals surface area contributed by atoms with Crippen molar-refractivity contribution in [2.24, 2.45) is 5.73 Å². The van der Waals surface area contributed by atoms with E-state index in [-0.39, 0.29) is 6.04 Å². The average molecular weight is 222 g/mol. The number of aromatic nitrogens is 2. The summed E-state index contributed by atoms with van der Waals surface area (Å²) in [5.74, 6) is 0. The third-order valence-electron chi connectivity index (χ3n) is 3.53. The van der Waals surface area contributed by atoms with Crippen molar-refractivity contribution >= 4 is 0 Å². The lowest BCUT2D eigenvalue weighted by Gasteiger charge is -2.31. The van der Waals surface area contributed by atoms with Crippen molar-refractivity contribution in [3.05, 3.63) is 18.0 Å². The molecule has 0 radical (unpaired) electrons. The summed E-state index contributed by atoms with van der Waals surface area (Å²) in [5.41, 5.74) is 6.98. The summed E-state index contributed by atoms with van der Waals surface area (Å²) in [6, 6.07) is 0.653. The molecule has 1 aromatic rings. The molecule has 1 aliphatic rings. The van der Waals surface area contributed by atoms with Gasteiger partial charge in [-0.3, -0.25) is 4.68 Å². The summed E-state index contributed by atoms with van der Waals surface area (Å²) in [5, 5.41) is 4.43. The van der Waals surface area contributed by atoms with Crippen LogP contribution >= 0.6 is 0 Å². The van der Waals surface area contributed by atoms with E-state index in [0.717, 1.165) is 12.1 Å². The van der Waals surface area contributed by atoms with Crippen LogP contribution in [-0.2, 0) is 0 Å². The molecule has 0 amide bonds. The number of piperidine rings is 1. The molecule has 0 saturated carbocycles. The van der Waals surface area contributed by atoms with Crippen LogP contribution in [0.2, 0.25) is 0 Å². The number of hydrogen-bond acceptors (Lipinski definition) is 3. The number of nitrogens with two attached hydrogens (primary N) is 1. The van der Waals surface area contributed by atoms with Gasteiger partial charge in [0.15, 0.2) is 0 Å². The van der Waals surface area contributed by atoms with Crippen molar-refractivity contribution in [2.45, 2.75) is 38.8 Å². The van der Waals surface area contributed by atoms with Crippen LogP contribution in [-0.4, -0.2) is 34.3 Å². The molecule has 0 bridgehead atoms. The molecule has 1 atom stereocenters. The maximum atomic E-state index is 5.84. The van der Waals surface area contributed by atoms with E-state index in [9.17, 15) is 0 Å². The zero-order chi connectivity index (χ0) is 11.5. The fraction of sp³-hybridized carbons (Fsp3) is 0.750. The molecule has 1 unspecified atom stereocenters. The van der Waals surface area contributed by atoms with Crippen LogP contribution in [0.15, 0.2) is 12.4 Å². The molecule has 4 heteroatoms. The fourth-order valence-corrected chi connectivity index (χ4v) is 2.29. The Bertz CT molecular complexity index is 324. The van der Waals surface area contributed by atoms with Crippen molar-refractivity contribution < 1.29 is 0 Å². The Morgan fingerprint density at radius 3 is 2.69 bits per heavy atom. The minimum Gasteiger partial charge on any atom is -0.324 e. The normalized spacial score (nSPS) is 21.2. The molecule has 2 N–H and O–H groups in total. The molecule has 0 aliphatic carbocycles. The second-order valence-corrected chi connectivity index (χ2v) is 4.71. The topological polar surface area (TPSA) is 47.1 Å². The van der Waals surface area contributed by atoms with E-state index in [1.165, 1.54) is 25.9 Å². The van der Waals surface area contributed by atoms with E-state index in [2.05, 4.69) is 27.8 Å². The molecular formula is C12H22N4. The van der Waals surface area contributed by atoms with Gasteiger partial charge in [0.2, 0.25) is 0 Å². The van der Waals surface area contributed by atoms with Gasteiger partial charge in [-0.25, -0.2) is 0 Å². The van der Waals surface area contributed by atoms with Crippen molar-refractivity contribution in [1.29, 1.82) is 0 Å². The number of likely N-dealkylation sites (tertiary alicyclic amines) is 1. The van der Waals surface area contributed by atoms with E-state index >= 15 is 0 Å². The Morgan fingerprint density at radius 2 is 2.19 bits per heavy atom. The van der Waals surface area contributed by atoms with Gasteiger partial charge < -0.3 is 10.6 Å². The minimum atomic E-state index is 0.0875. The summed E-state index contributed by atoms with van der Waals surface area (Å²) in [6.45, 7) is 7.77. The molecule has 0 aromatic carbocycles. The Hall–Kier alpha value is -0.870. The van der Waals surface area contributed by atoms with Crippen LogP contribution in [0, 0.1) is 0 Å². The van der Waals surface area contributed by atoms with E-state index < -0.39 is 0 Å². The molecule has 90 valence electrons. The van der Waals surface area contributed by atoms with Crippen LogP contribution in [0.5, 0.6) is 0 Å². The summed E-state index contributed by atoms with van der Waals surface area (Å²) in [7, 11) is 0. The lowest BCUT2D eigenvalue weighted by atomic mass is 10.1. The van der Waals surface area contributed by atoms with Crippen LogP contribution < -0.4 is 5.73 Å². The Balaban J connectivity index is 1.97. The van der Waals surface area contributed by atoms with Gasteiger partial charge in [0.1, 0.15) is 0 Å². The van der Waals surface area contributed by atoms with Crippen molar-refractivity contribution in [3.63, 3.8) is 0 Å². The predicted molar refractivity (Wildman–Crippen MR) is 65.2 cm³/mol.